The normalized spacial score (nSPS) is 12.5. The molecule has 7 nitrogen and oxygen atoms in total. The van der Waals surface area contributed by atoms with Crippen molar-refractivity contribution >= 4 is 28.0 Å². The van der Waals surface area contributed by atoms with Crippen LogP contribution >= 0.6 is 15.9 Å². The third-order valence-electron chi connectivity index (χ3n) is 4.04. The van der Waals surface area contributed by atoms with Crippen LogP contribution in [0, 0.1) is 5.92 Å². The summed E-state index contributed by atoms with van der Waals surface area (Å²) in [6.07, 6.45) is -0.219. The standard InChI is InChI=1S/C22H29BrN2O5/c1-7-28-20(26)18-16(12-14-9-8-10-15(23)11-14)29-19(24-18)17(13(2)3)25-21(27)30-22(4,5)6/h8-11,13,17H,7,12H2,1-6H3,(H,25,27)/t17-/m0/s1. The van der Waals surface area contributed by atoms with Crippen molar-refractivity contribution in [2.24, 2.45) is 5.92 Å². The van der Waals surface area contributed by atoms with E-state index in [1.165, 1.54) is 0 Å². The summed E-state index contributed by atoms with van der Waals surface area (Å²) in [5.74, 6) is 0.0179. The molecule has 0 aliphatic carbocycles. The van der Waals surface area contributed by atoms with Crippen LogP contribution in [0.3, 0.4) is 0 Å². The molecule has 164 valence electrons. The highest BCUT2D eigenvalue weighted by molar-refractivity contribution is 9.10. The first-order valence-electron chi connectivity index (χ1n) is 9.90. The summed E-state index contributed by atoms with van der Waals surface area (Å²) in [5, 5.41) is 2.80. The molecule has 0 aliphatic heterocycles. The fraction of sp³-hybridized carbons (Fsp3) is 0.500. The van der Waals surface area contributed by atoms with Gasteiger partial charge in [0, 0.05) is 10.9 Å². The molecular formula is C22H29BrN2O5. The predicted molar refractivity (Wildman–Crippen MR) is 116 cm³/mol. The number of amides is 1. The largest absolute Gasteiger partial charge is 0.461 e. The Kier molecular flexibility index (Phi) is 8.06. The van der Waals surface area contributed by atoms with Crippen molar-refractivity contribution in [3.05, 3.63) is 51.6 Å². The minimum absolute atomic E-state index is 0.0510. The third-order valence-corrected chi connectivity index (χ3v) is 4.53. The van der Waals surface area contributed by atoms with Crippen molar-refractivity contribution in [3.63, 3.8) is 0 Å². The van der Waals surface area contributed by atoms with Crippen LogP contribution in [-0.2, 0) is 15.9 Å². The van der Waals surface area contributed by atoms with E-state index in [4.69, 9.17) is 13.9 Å². The monoisotopic (exact) mass is 480 g/mol. The number of aromatic nitrogens is 1. The van der Waals surface area contributed by atoms with Gasteiger partial charge in [0.1, 0.15) is 17.4 Å². The second-order valence-electron chi connectivity index (χ2n) is 8.22. The van der Waals surface area contributed by atoms with E-state index in [1.54, 1.807) is 27.7 Å². The molecule has 30 heavy (non-hydrogen) atoms. The number of halogens is 1. The van der Waals surface area contributed by atoms with Gasteiger partial charge in [0.15, 0.2) is 5.69 Å². The zero-order chi connectivity index (χ0) is 22.5. The Hall–Kier alpha value is -2.35. The van der Waals surface area contributed by atoms with Crippen LogP contribution in [0.2, 0.25) is 0 Å². The predicted octanol–water partition coefficient (Wildman–Crippen LogP) is 5.43. The van der Waals surface area contributed by atoms with Gasteiger partial charge in [0.05, 0.1) is 6.61 Å². The molecule has 0 fully saturated rings. The molecule has 0 saturated heterocycles. The number of esters is 1. The first-order valence-corrected chi connectivity index (χ1v) is 10.7. The number of nitrogens with one attached hydrogen (secondary N) is 1. The maximum Gasteiger partial charge on any atom is 0.408 e. The second kappa shape index (κ2) is 10.1. The number of carbonyl (C=O) groups is 2. The molecule has 1 N–H and O–H groups in total. The van der Waals surface area contributed by atoms with E-state index < -0.39 is 23.7 Å². The first kappa shape index (κ1) is 23.9. The van der Waals surface area contributed by atoms with Gasteiger partial charge in [0.2, 0.25) is 5.89 Å². The zero-order valence-corrected chi connectivity index (χ0v) is 19.8. The van der Waals surface area contributed by atoms with Gasteiger partial charge in [-0.15, -0.1) is 0 Å². The fourth-order valence-corrected chi connectivity index (χ4v) is 3.21. The van der Waals surface area contributed by atoms with Crippen molar-refractivity contribution in [2.45, 2.75) is 59.6 Å². The molecule has 0 aliphatic rings. The number of nitrogens with zero attached hydrogens (tertiary/aromatic N) is 1. The molecule has 0 unspecified atom stereocenters. The highest BCUT2D eigenvalue weighted by atomic mass is 79.9. The Labute approximate surface area is 185 Å². The van der Waals surface area contributed by atoms with Gasteiger partial charge >= 0.3 is 12.1 Å². The van der Waals surface area contributed by atoms with E-state index in [1.807, 2.05) is 38.1 Å². The van der Waals surface area contributed by atoms with Gasteiger partial charge < -0.3 is 19.2 Å². The average molecular weight is 481 g/mol. The number of hydrogen-bond acceptors (Lipinski definition) is 6. The van der Waals surface area contributed by atoms with E-state index in [9.17, 15) is 9.59 Å². The Morgan fingerprint density at radius 1 is 1.27 bits per heavy atom. The molecule has 0 radical (unpaired) electrons. The van der Waals surface area contributed by atoms with E-state index in [0.29, 0.717) is 12.2 Å². The first-order chi connectivity index (χ1) is 14.0. The van der Waals surface area contributed by atoms with Gasteiger partial charge in [-0.25, -0.2) is 14.6 Å². The number of rotatable bonds is 7. The highest BCUT2D eigenvalue weighted by Gasteiger charge is 2.30. The number of hydrogen-bond donors (Lipinski definition) is 1. The molecule has 1 aromatic heterocycles. The van der Waals surface area contributed by atoms with E-state index in [-0.39, 0.29) is 24.1 Å². The summed E-state index contributed by atoms with van der Waals surface area (Å²) in [6.45, 7) is 11.2. The maximum absolute atomic E-state index is 12.5. The van der Waals surface area contributed by atoms with Gasteiger partial charge in [-0.05, 0) is 51.3 Å². The van der Waals surface area contributed by atoms with Crippen molar-refractivity contribution in [2.75, 3.05) is 6.61 Å². The summed E-state index contributed by atoms with van der Waals surface area (Å²) >= 11 is 3.45. The number of alkyl carbamates (subject to hydrolysis) is 1. The minimum Gasteiger partial charge on any atom is -0.461 e. The van der Waals surface area contributed by atoms with Crippen LogP contribution in [0.1, 0.15) is 75.3 Å². The lowest BCUT2D eigenvalue weighted by Gasteiger charge is -2.24. The lowest BCUT2D eigenvalue weighted by Crippen LogP contribution is -2.37. The molecule has 0 bridgehead atoms. The molecule has 8 heteroatoms. The van der Waals surface area contributed by atoms with Crippen molar-refractivity contribution in [3.8, 4) is 0 Å². The number of carbonyl (C=O) groups excluding carboxylic acids is 2. The number of ether oxygens (including phenoxy) is 2. The quantitative estimate of drug-likeness (QED) is 0.531. The van der Waals surface area contributed by atoms with Gasteiger partial charge in [-0.3, -0.25) is 0 Å². The van der Waals surface area contributed by atoms with E-state index in [0.717, 1.165) is 10.0 Å². The summed E-state index contributed by atoms with van der Waals surface area (Å²) in [5.41, 5.74) is 0.423. The molecule has 0 spiro atoms. The summed E-state index contributed by atoms with van der Waals surface area (Å²) in [6, 6.07) is 7.13. The Morgan fingerprint density at radius 2 is 1.97 bits per heavy atom. The van der Waals surface area contributed by atoms with Gasteiger partial charge in [-0.2, -0.15) is 0 Å². The van der Waals surface area contributed by atoms with Crippen LogP contribution in [0.25, 0.3) is 0 Å². The highest BCUT2D eigenvalue weighted by Crippen LogP contribution is 2.27. The van der Waals surface area contributed by atoms with Crippen LogP contribution in [-0.4, -0.2) is 29.3 Å². The molecule has 2 aromatic rings. The Bertz CT molecular complexity index is 886. The lowest BCUT2D eigenvalue weighted by molar-refractivity contribution is 0.0477. The van der Waals surface area contributed by atoms with Crippen molar-refractivity contribution < 1.29 is 23.5 Å². The second-order valence-corrected chi connectivity index (χ2v) is 9.13. The summed E-state index contributed by atoms with van der Waals surface area (Å²) in [7, 11) is 0. The molecular weight excluding hydrogens is 452 g/mol. The zero-order valence-electron chi connectivity index (χ0n) is 18.2. The molecule has 1 heterocycles. The van der Waals surface area contributed by atoms with Gasteiger partial charge in [0.25, 0.3) is 0 Å². The summed E-state index contributed by atoms with van der Waals surface area (Å²) < 4.78 is 17.4. The van der Waals surface area contributed by atoms with E-state index >= 15 is 0 Å². The smallest absolute Gasteiger partial charge is 0.408 e. The Morgan fingerprint density at radius 3 is 2.53 bits per heavy atom. The molecule has 1 atom stereocenters. The van der Waals surface area contributed by atoms with Crippen LogP contribution in [0.4, 0.5) is 4.79 Å². The minimum atomic E-state index is -0.635. The topological polar surface area (TPSA) is 90.7 Å². The molecule has 0 saturated carbocycles. The fourth-order valence-electron chi connectivity index (χ4n) is 2.76. The SMILES string of the molecule is CCOC(=O)c1nc([C@@H](NC(=O)OC(C)(C)C)C(C)C)oc1Cc1cccc(Br)c1. The van der Waals surface area contributed by atoms with Crippen molar-refractivity contribution in [1.82, 2.24) is 10.3 Å². The van der Waals surface area contributed by atoms with Crippen LogP contribution in [0.15, 0.2) is 33.2 Å². The molecule has 2 rings (SSSR count). The average Bonchev–Trinajstić information content (AvgIpc) is 3.01. The van der Waals surface area contributed by atoms with Crippen LogP contribution in [0.5, 0.6) is 0 Å². The summed E-state index contributed by atoms with van der Waals surface area (Å²) in [4.78, 5) is 29.2. The van der Waals surface area contributed by atoms with Crippen LogP contribution < -0.4 is 5.32 Å². The molecule has 1 aromatic carbocycles. The number of oxazole rings is 1. The maximum atomic E-state index is 12.5. The lowest BCUT2D eigenvalue weighted by atomic mass is 10.0. The number of benzene rings is 1. The van der Waals surface area contributed by atoms with Gasteiger partial charge in [-0.1, -0.05) is 41.9 Å². The van der Waals surface area contributed by atoms with Crippen molar-refractivity contribution in [1.29, 1.82) is 0 Å². The molecule has 1 amide bonds. The third kappa shape index (κ3) is 6.86. The Balaban J connectivity index is 2.37. The van der Waals surface area contributed by atoms with E-state index in [2.05, 4.69) is 26.2 Å².